The summed E-state index contributed by atoms with van der Waals surface area (Å²) in [5, 5.41) is 0.242. The average molecular weight is 264 g/mol. The second-order valence-corrected chi connectivity index (χ2v) is 4.41. The highest BCUT2D eigenvalue weighted by atomic mass is 35.5. The zero-order chi connectivity index (χ0) is 13.2. The molecule has 0 radical (unpaired) electrons. The van der Waals surface area contributed by atoms with E-state index in [2.05, 4.69) is 6.58 Å². The van der Waals surface area contributed by atoms with Crippen molar-refractivity contribution in [2.45, 2.75) is 25.6 Å². The van der Waals surface area contributed by atoms with Crippen LogP contribution in [0.5, 0.6) is 0 Å². The third-order valence-electron chi connectivity index (χ3n) is 2.29. The van der Waals surface area contributed by atoms with Crippen molar-refractivity contribution < 1.29 is 13.2 Å². The van der Waals surface area contributed by atoms with Crippen LogP contribution in [0, 0.1) is 0 Å². The Labute approximate surface area is 103 Å². The van der Waals surface area contributed by atoms with E-state index in [4.69, 9.17) is 17.3 Å². The van der Waals surface area contributed by atoms with Gasteiger partial charge >= 0.3 is 6.18 Å². The zero-order valence-corrected chi connectivity index (χ0v) is 10.1. The van der Waals surface area contributed by atoms with Crippen molar-refractivity contribution in [1.29, 1.82) is 0 Å². The van der Waals surface area contributed by atoms with Gasteiger partial charge in [-0.2, -0.15) is 13.2 Å². The molecule has 0 heterocycles. The first-order valence-corrected chi connectivity index (χ1v) is 5.36. The second-order valence-electron chi connectivity index (χ2n) is 4.00. The molecule has 1 rings (SSSR count). The molecule has 0 unspecified atom stereocenters. The fourth-order valence-electron chi connectivity index (χ4n) is 1.49. The van der Waals surface area contributed by atoms with Crippen molar-refractivity contribution in [1.82, 2.24) is 0 Å². The van der Waals surface area contributed by atoms with Crippen LogP contribution in [0.25, 0.3) is 0 Å². The molecule has 0 saturated carbocycles. The van der Waals surface area contributed by atoms with Crippen LogP contribution < -0.4 is 5.73 Å². The van der Waals surface area contributed by atoms with Crippen LogP contribution in [0.4, 0.5) is 13.2 Å². The molecule has 0 fully saturated rings. The highest BCUT2D eigenvalue weighted by Crippen LogP contribution is 2.34. The van der Waals surface area contributed by atoms with Gasteiger partial charge in [-0.05, 0) is 37.1 Å². The molecule has 0 amide bonds. The average Bonchev–Trinajstić information content (AvgIpc) is 2.15. The van der Waals surface area contributed by atoms with Crippen LogP contribution in [-0.2, 0) is 6.18 Å². The number of alkyl halides is 3. The molecule has 5 heteroatoms. The Morgan fingerprint density at radius 3 is 2.53 bits per heavy atom. The molecule has 0 aliphatic rings. The first-order chi connectivity index (χ1) is 7.71. The molecule has 1 atom stereocenters. The van der Waals surface area contributed by atoms with Crippen molar-refractivity contribution in [3.8, 4) is 0 Å². The molecule has 0 aliphatic heterocycles. The lowest BCUT2D eigenvalue weighted by Crippen LogP contribution is -2.13. The normalized spacial score (nSPS) is 13.5. The van der Waals surface area contributed by atoms with E-state index in [1.165, 1.54) is 6.07 Å². The summed E-state index contributed by atoms with van der Waals surface area (Å²) in [6.45, 7) is 5.44. The van der Waals surface area contributed by atoms with Gasteiger partial charge < -0.3 is 5.73 Å². The molecule has 2 N–H and O–H groups in total. The quantitative estimate of drug-likeness (QED) is 0.808. The van der Waals surface area contributed by atoms with Crippen LogP contribution in [0.3, 0.4) is 0 Å². The highest BCUT2D eigenvalue weighted by Gasteiger charge is 2.31. The number of nitrogens with two attached hydrogens (primary N) is 1. The second kappa shape index (κ2) is 5.10. The number of benzene rings is 1. The zero-order valence-electron chi connectivity index (χ0n) is 9.31. The summed E-state index contributed by atoms with van der Waals surface area (Å²) in [7, 11) is 0. The van der Waals surface area contributed by atoms with Gasteiger partial charge in [0.05, 0.1) is 5.56 Å². The predicted molar refractivity (Wildman–Crippen MR) is 62.8 cm³/mol. The van der Waals surface area contributed by atoms with E-state index in [1.807, 2.05) is 0 Å². The Hall–Kier alpha value is -1.00. The Morgan fingerprint density at radius 2 is 2.06 bits per heavy atom. The number of halogens is 4. The Kier molecular flexibility index (Phi) is 4.22. The van der Waals surface area contributed by atoms with Crippen molar-refractivity contribution in [3.63, 3.8) is 0 Å². The molecule has 0 saturated heterocycles. The molecule has 1 aromatic rings. The van der Waals surface area contributed by atoms with Gasteiger partial charge in [0.15, 0.2) is 0 Å². The third kappa shape index (κ3) is 3.75. The van der Waals surface area contributed by atoms with Gasteiger partial charge in [0.25, 0.3) is 0 Å². The Morgan fingerprint density at radius 1 is 1.47 bits per heavy atom. The maximum absolute atomic E-state index is 12.5. The fraction of sp³-hybridized carbons (Fsp3) is 0.333. The van der Waals surface area contributed by atoms with Gasteiger partial charge in [-0.3, -0.25) is 0 Å². The largest absolute Gasteiger partial charge is 0.416 e. The molecule has 94 valence electrons. The molecule has 0 aliphatic carbocycles. The van der Waals surface area contributed by atoms with Crippen LogP contribution >= 0.6 is 11.6 Å². The molecule has 0 aromatic heterocycles. The van der Waals surface area contributed by atoms with Gasteiger partial charge in [-0.1, -0.05) is 17.2 Å². The summed E-state index contributed by atoms with van der Waals surface area (Å²) < 4.78 is 37.6. The van der Waals surface area contributed by atoms with E-state index in [-0.39, 0.29) is 5.02 Å². The Balaban J connectivity index is 3.10. The lowest BCUT2D eigenvalue weighted by atomic mass is 9.99. The van der Waals surface area contributed by atoms with E-state index < -0.39 is 17.8 Å². The summed E-state index contributed by atoms with van der Waals surface area (Å²) in [5.74, 6) is 0. The standard InChI is InChI=1S/C12H13ClF3N/c1-7(2)5-11(17)9-6-8(12(14,15)16)3-4-10(9)13/h3-4,6,11H,1,5,17H2,2H3/t11-/m1/s1. The number of rotatable bonds is 3. The lowest BCUT2D eigenvalue weighted by Gasteiger charge is -2.16. The van der Waals surface area contributed by atoms with E-state index in [1.54, 1.807) is 6.92 Å². The molecule has 1 aromatic carbocycles. The fourth-order valence-corrected chi connectivity index (χ4v) is 1.75. The van der Waals surface area contributed by atoms with Crippen molar-refractivity contribution in [3.05, 3.63) is 46.5 Å². The minimum atomic E-state index is -4.39. The van der Waals surface area contributed by atoms with Crippen LogP contribution in [0.2, 0.25) is 5.02 Å². The first-order valence-electron chi connectivity index (χ1n) is 4.98. The first kappa shape index (κ1) is 14.1. The number of hydrogen-bond donors (Lipinski definition) is 1. The van der Waals surface area contributed by atoms with Gasteiger partial charge in [0, 0.05) is 11.1 Å². The summed E-state index contributed by atoms with van der Waals surface area (Å²) in [6.07, 6.45) is -3.98. The van der Waals surface area contributed by atoms with Gasteiger partial charge in [-0.25, -0.2) is 0 Å². The maximum atomic E-state index is 12.5. The lowest BCUT2D eigenvalue weighted by molar-refractivity contribution is -0.137. The smallest absolute Gasteiger partial charge is 0.324 e. The summed E-state index contributed by atoms with van der Waals surface area (Å²) in [4.78, 5) is 0. The summed E-state index contributed by atoms with van der Waals surface area (Å²) >= 11 is 5.85. The van der Waals surface area contributed by atoms with Crippen LogP contribution in [0.1, 0.15) is 30.5 Å². The van der Waals surface area contributed by atoms with Gasteiger partial charge in [0.1, 0.15) is 0 Å². The predicted octanol–water partition coefficient (Wildman–Crippen LogP) is 4.32. The SMILES string of the molecule is C=C(C)C[C@@H](N)c1cc(C(F)(F)F)ccc1Cl. The van der Waals surface area contributed by atoms with Crippen molar-refractivity contribution in [2.24, 2.45) is 5.73 Å². The number of hydrogen-bond acceptors (Lipinski definition) is 1. The third-order valence-corrected chi connectivity index (χ3v) is 2.64. The van der Waals surface area contributed by atoms with E-state index in [9.17, 15) is 13.2 Å². The molecule has 0 bridgehead atoms. The van der Waals surface area contributed by atoms with E-state index >= 15 is 0 Å². The summed E-state index contributed by atoms with van der Waals surface area (Å²) in [6, 6.07) is 2.59. The van der Waals surface area contributed by atoms with Crippen LogP contribution in [-0.4, -0.2) is 0 Å². The van der Waals surface area contributed by atoms with E-state index in [0.29, 0.717) is 12.0 Å². The molecule has 1 nitrogen and oxygen atoms in total. The molecule has 17 heavy (non-hydrogen) atoms. The molecule has 0 spiro atoms. The Bertz CT molecular complexity index is 426. The monoisotopic (exact) mass is 263 g/mol. The molecular formula is C12H13ClF3N. The van der Waals surface area contributed by atoms with Crippen LogP contribution in [0.15, 0.2) is 30.4 Å². The van der Waals surface area contributed by atoms with Gasteiger partial charge in [0.2, 0.25) is 0 Å². The van der Waals surface area contributed by atoms with Crippen molar-refractivity contribution in [2.75, 3.05) is 0 Å². The minimum absolute atomic E-state index is 0.242. The topological polar surface area (TPSA) is 26.0 Å². The van der Waals surface area contributed by atoms with Gasteiger partial charge in [-0.15, -0.1) is 6.58 Å². The van der Waals surface area contributed by atoms with Crippen molar-refractivity contribution >= 4 is 11.6 Å². The maximum Gasteiger partial charge on any atom is 0.416 e. The highest BCUT2D eigenvalue weighted by molar-refractivity contribution is 6.31. The van der Waals surface area contributed by atoms with E-state index in [0.717, 1.165) is 17.7 Å². The summed E-state index contributed by atoms with van der Waals surface area (Å²) in [5.41, 5.74) is 6.15. The molecular weight excluding hydrogens is 251 g/mol. The minimum Gasteiger partial charge on any atom is -0.324 e.